The van der Waals surface area contributed by atoms with E-state index in [1.165, 1.54) is 0 Å². The van der Waals surface area contributed by atoms with Crippen LogP contribution < -0.4 is 16.9 Å². The fourth-order valence-electron chi connectivity index (χ4n) is 1.55. The zero-order valence-electron chi connectivity index (χ0n) is 7.57. The van der Waals surface area contributed by atoms with Crippen molar-refractivity contribution >= 4 is 0 Å². The molecule has 1 unspecified atom stereocenters. The van der Waals surface area contributed by atoms with Crippen molar-refractivity contribution in [1.82, 2.24) is 10.3 Å². The van der Waals surface area contributed by atoms with E-state index in [1.807, 2.05) is 11.2 Å². The first-order chi connectivity index (χ1) is 6.27. The maximum absolute atomic E-state index is 5.92. The van der Waals surface area contributed by atoms with Gasteiger partial charge in [-0.15, -0.1) is 0 Å². The molecule has 5 N–H and O–H groups in total. The standard InChI is InChI=1S/C8H16N4O/c9-6-1-2-8(11-3-6)12(10)7-4-13-5-7/h3,7-8,11H,1-2,4-5,9-10H2. The summed E-state index contributed by atoms with van der Waals surface area (Å²) in [5, 5.41) is 5.02. The Morgan fingerprint density at radius 1 is 1.54 bits per heavy atom. The van der Waals surface area contributed by atoms with Gasteiger partial charge in [0.25, 0.3) is 0 Å². The molecule has 0 spiro atoms. The first-order valence-electron chi connectivity index (χ1n) is 4.58. The van der Waals surface area contributed by atoms with Crippen LogP contribution in [0.4, 0.5) is 0 Å². The maximum atomic E-state index is 5.92. The molecule has 2 heterocycles. The van der Waals surface area contributed by atoms with Gasteiger partial charge in [0.05, 0.1) is 25.4 Å². The van der Waals surface area contributed by atoms with Crippen molar-refractivity contribution in [2.75, 3.05) is 13.2 Å². The Morgan fingerprint density at radius 3 is 2.77 bits per heavy atom. The Balaban J connectivity index is 1.86. The van der Waals surface area contributed by atoms with Gasteiger partial charge in [-0.05, 0) is 12.8 Å². The van der Waals surface area contributed by atoms with E-state index in [9.17, 15) is 0 Å². The predicted octanol–water partition coefficient (Wildman–Crippen LogP) is -0.930. The molecule has 0 bridgehead atoms. The topological polar surface area (TPSA) is 76.5 Å². The van der Waals surface area contributed by atoms with Crippen molar-refractivity contribution in [1.29, 1.82) is 0 Å². The number of rotatable bonds is 2. The van der Waals surface area contributed by atoms with Crippen molar-refractivity contribution in [2.24, 2.45) is 11.6 Å². The summed E-state index contributed by atoms with van der Waals surface area (Å²) in [5.41, 5.74) is 6.53. The molecule has 5 heteroatoms. The molecule has 74 valence electrons. The molecule has 0 aromatic rings. The van der Waals surface area contributed by atoms with E-state index in [2.05, 4.69) is 5.32 Å². The fraction of sp³-hybridized carbons (Fsp3) is 0.750. The van der Waals surface area contributed by atoms with Gasteiger partial charge in [-0.2, -0.15) is 0 Å². The third kappa shape index (κ3) is 1.77. The normalized spacial score (nSPS) is 29.4. The Hall–Kier alpha value is -0.780. The van der Waals surface area contributed by atoms with E-state index in [-0.39, 0.29) is 6.17 Å². The molecule has 0 aliphatic carbocycles. The predicted molar refractivity (Wildman–Crippen MR) is 49.1 cm³/mol. The molecular formula is C8H16N4O. The largest absolute Gasteiger partial charge is 0.401 e. The van der Waals surface area contributed by atoms with Crippen LogP contribution in [0.2, 0.25) is 0 Å². The average Bonchev–Trinajstić information content (AvgIpc) is 2.02. The van der Waals surface area contributed by atoms with Gasteiger partial charge >= 0.3 is 0 Å². The molecule has 1 fully saturated rings. The van der Waals surface area contributed by atoms with Crippen LogP contribution in [0, 0.1) is 0 Å². The van der Waals surface area contributed by atoms with E-state index in [0.29, 0.717) is 6.04 Å². The average molecular weight is 184 g/mol. The smallest absolute Gasteiger partial charge is 0.0927 e. The zero-order valence-corrected chi connectivity index (χ0v) is 7.57. The molecule has 1 saturated heterocycles. The summed E-state index contributed by atoms with van der Waals surface area (Å²) < 4.78 is 5.08. The van der Waals surface area contributed by atoms with Crippen LogP contribution in [0.25, 0.3) is 0 Å². The first-order valence-corrected chi connectivity index (χ1v) is 4.58. The van der Waals surface area contributed by atoms with Crippen molar-refractivity contribution in [3.05, 3.63) is 11.9 Å². The van der Waals surface area contributed by atoms with Crippen LogP contribution in [0.3, 0.4) is 0 Å². The fourth-order valence-corrected chi connectivity index (χ4v) is 1.55. The second-order valence-electron chi connectivity index (χ2n) is 3.58. The minimum atomic E-state index is 0.209. The van der Waals surface area contributed by atoms with Gasteiger partial charge in [0.2, 0.25) is 0 Å². The highest BCUT2D eigenvalue weighted by Crippen LogP contribution is 2.15. The highest BCUT2D eigenvalue weighted by atomic mass is 16.5. The van der Waals surface area contributed by atoms with Crippen LogP contribution in [0.1, 0.15) is 12.8 Å². The third-order valence-electron chi connectivity index (χ3n) is 2.57. The highest BCUT2D eigenvalue weighted by Gasteiger charge is 2.29. The molecule has 13 heavy (non-hydrogen) atoms. The minimum Gasteiger partial charge on any atom is -0.401 e. The number of ether oxygens (including phenoxy) is 1. The summed E-state index contributed by atoms with van der Waals surface area (Å²) in [6.45, 7) is 1.49. The molecule has 5 nitrogen and oxygen atoms in total. The lowest BCUT2D eigenvalue weighted by Crippen LogP contribution is -2.60. The minimum absolute atomic E-state index is 0.209. The molecule has 0 radical (unpaired) electrons. The van der Waals surface area contributed by atoms with Crippen molar-refractivity contribution < 1.29 is 4.74 Å². The van der Waals surface area contributed by atoms with E-state index in [0.717, 1.165) is 31.8 Å². The molecule has 2 rings (SSSR count). The quantitative estimate of drug-likeness (QED) is 0.382. The monoisotopic (exact) mass is 184 g/mol. The van der Waals surface area contributed by atoms with Gasteiger partial charge in [-0.3, -0.25) is 5.84 Å². The second kappa shape index (κ2) is 3.53. The lowest BCUT2D eigenvalue weighted by atomic mass is 10.1. The Kier molecular flexibility index (Phi) is 2.39. The molecule has 0 aromatic heterocycles. The van der Waals surface area contributed by atoms with Crippen LogP contribution in [-0.2, 0) is 4.74 Å². The molecule has 1 atom stereocenters. The van der Waals surface area contributed by atoms with Crippen LogP contribution in [-0.4, -0.2) is 30.4 Å². The van der Waals surface area contributed by atoms with Gasteiger partial charge < -0.3 is 15.8 Å². The lowest BCUT2D eigenvalue weighted by Gasteiger charge is -2.40. The van der Waals surface area contributed by atoms with E-state index in [1.54, 1.807) is 0 Å². The summed E-state index contributed by atoms with van der Waals surface area (Å²) in [4.78, 5) is 0. The summed E-state index contributed by atoms with van der Waals surface area (Å²) >= 11 is 0. The van der Waals surface area contributed by atoms with Crippen molar-refractivity contribution in [3.63, 3.8) is 0 Å². The van der Waals surface area contributed by atoms with Crippen LogP contribution in [0.15, 0.2) is 11.9 Å². The Labute approximate surface area is 77.7 Å². The molecule has 0 aromatic carbocycles. The molecular weight excluding hydrogens is 168 g/mol. The van der Waals surface area contributed by atoms with Crippen LogP contribution in [0.5, 0.6) is 0 Å². The molecule has 2 aliphatic rings. The lowest BCUT2D eigenvalue weighted by molar-refractivity contribution is -0.0851. The van der Waals surface area contributed by atoms with Gasteiger partial charge in [0, 0.05) is 11.9 Å². The van der Waals surface area contributed by atoms with Gasteiger partial charge in [-0.1, -0.05) is 0 Å². The number of hydrogen-bond acceptors (Lipinski definition) is 5. The SMILES string of the molecule is NC1=CNC(N(N)C2COC2)CC1. The summed E-state index contributed by atoms with van der Waals surface area (Å²) in [6.07, 6.45) is 3.93. The van der Waals surface area contributed by atoms with Gasteiger partial charge in [0.15, 0.2) is 0 Å². The Bertz CT molecular complexity index is 214. The number of nitrogens with two attached hydrogens (primary N) is 2. The van der Waals surface area contributed by atoms with E-state index < -0.39 is 0 Å². The number of allylic oxidation sites excluding steroid dienone is 1. The van der Waals surface area contributed by atoms with E-state index >= 15 is 0 Å². The van der Waals surface area contributed by atoms with Gasteiger partial charge in [0.1, 0.15) is 0 Å². The second-order valence-corrected chi connectivity index (χ2v) is 3.58. The summed E-state index contributed by atoms with van der Waals surface area (Å²) in [7, 11) is 0. The molecule has 2 aliphatic heterocycles. The molecule has 0 saturated carbocycles. The number of hydrogen-bond donors (Lipinski definition) is 3. The van der Waals surface area contributed by atoms with Gasteiger partial charge in [-0.25, -0.2) is 5.01 Å². The zero-order chi connectivity index (χ0) is 9.26. The van der Waals surface area contributed by atoms with Crippen LogP contribution >= 0.6 is 0 Å². The van der Waals surface area contributed by atoms with E-state index in [4.69, 9.17) is 16.3 Å². The molecule has 0 amide bonds. The summed E-state index contributed by atoms with van der Waals surface area (Å²) in [6, 6.07) is 0.366. The summed E-state index contributed by atoms with van der Waals surface area (Å²) in [5.74, 6) is 5.92. The van der Waals surface area contributed by atoms with Crippen molar-refractivity contribution in [3.8, 4) is 0 Å². The number of nitrogens with zero attached hydrogens (tertiary/aromatic N) is 1. The Morgan fingerprint density at radius 2 is 2.31 bits per heavy atom. The third-order valence-corrected chi connectivity index (χ3v) is 2.57. The van der Waals surface area contributed by atoms with Crippen molar-refractivity contribution in [2.45, 2.75) is 25.0 Å². The number of nitrogens with one attached hydrogen (secondary N) is 1. The maximum Gasteiger partial charge on any atom is 0.0927 e. The first kappa shape index (κ1) is 8.80. The number of hydrazine groups is 1. The highest BCUT2D eigenvalue weighted by molar-refractivity contribution is 5.01.